The van der Waals surface area contributed by atoms with E-state index in [-0.39, 0.29) is 6.04 Å². The van der Waals surface area contributed by atoms with Gasteiger partial charge in [-0.05, 0) is 42.2 Å². The molecule has 2 aromatic rings. The topological polar surface area (TPSA) is 38.9 Å². The van der Waals surface area contributed by atoms with Crippen LogP contribution in [0.5, 0.6) is 0 Å². The zero-order valence-corrected chi connectivity index (χ0v) is 12.2. The Kier molecular flexibility index (Phi) is 4.75. The van der Waals surface area contributed by atoms with Crippen LogP contribution in [0.15, 0.2) is 47.2 Å². The summed E-state index contributed by atoms with van der Waals surface area (Å²) >= 11 is 9.53. The molecule has 1 aromatic heterocycles. The molecule has 94 valence electrons. The van der Waals surface area contributed by atoms with Crippen LogP contribution < -0.4 is 5.73 Å². The summed E-state index contributed by atoms with van der Waals surface area (Å²) in [5.41, 5.74) is 8.44. The van der Waals surface area contributed by atoms with Crippen molar-refractivity contribution in [3.63, 3.8) is 0 Å². The summed E-state index contributed by atoms with van der Waals surface area (Å²) in [6.07, 6.45) is 4.99. The quantitative estimate of drug-likeness (QED) is 0.932. The van der Waals surface area contributed by atoms with Gasteiger partial charge in [-0.15, -0.1) is 0 Å². The molecular formula is C14H14BrClN2. The minimum Gasteiger partial charge on any atom is -0.327 e. The molecule has 0 saturated heterocycles. The Bertz CT molecular complexity index is 531. The van der Waals surface area contributed by atoms with Crippen LogP contribution in [0.4, 0.5) is 0 Å². The molecule has 2 N–H and O–H groups in total. The average Bonchev–Trinajstić information content (AvgIpc) is 2.32. The van der Waals surface area contributed by atoms with Gasteiger partial charge in [0.25, 0.3) is 0 Å². The van der Waals surface area contributed by atoms with Gasteiger partial charge >= 0.3 is 0 Å². The Morgan fingerprint density at radius 2 is 2.11 bits per heavy atom. The first kappa shape index (κ1) is 13.5. The van der Waals surface area contributed by atoms with Crippen molar-refractivity contribution in [2.24, 2.45) is 5.73 Å². The molecule has 0 fully saturated rings. The van der Waals surface area contributed by atoms with E-state index in [2.05, 4.69) is 33.0 Å². The molecule has 0 amide bonds. The summed E-state index contributed by atoms with van der Waals surface area (Å²) in [6, 6.07) is 10.2. The fourth-order valence-electron chi connectivity index (χ4n) is 1.89. The van der Waals surface area contributed by atoms with Gasteiger partial charge in [0.05, 0.1) is 5.02 Å². The molecule has 0 aliphatic heterocycles. The normalized spacial score (nSPS) is 12.4. The van der Waals surface area contributed by atoms with Crippen LogP contribution in [-0.4, -0.2) is 11.0 Å². The summed E-state index contributed by atoms with van der Waals surface area (Å²) in [4.78, 5) is 3.97. The first-order chi connectivity index (χ1) is 8.65. The van der Waals surface area contributed by atoms with Crippen LogP contribution in [-0.2, 0) is 12.8 Å². The van der Waals surface area contributed by atoms with E-state index >= 15 is 0 Å². The predicted molar refractivity (Wildman–Crippen MR) is 78.8 cm³/mol. The second-order valence-electron chi connectivity index (χ2n) is 4.27. The lowest BCUT2D eigenvalue weighted by Crippen LogP contribution is -2.25. The van der Waals surface area contributed by atoms with Gasteiger partial charge in [-0.3, -0.25) is 4.98 Å². The van der Waals surface area contributed by atoms with Crippen molar-refractivity contribution >= 4 is 27.5 Å². The summed E-state index contributed by atoms with van der Waals surface area (Å²) < 4.78 is 1.08. The zero-order valence-electron chi connectivity index (χ0n) is 9.81. The molecule has 4 heteroatoms. The third kappa shape index (κ3) is 3.80. The fraction of sp³-hybridized carbons (Fsp3) is 0.214. The minimum atomic E-state index is 0.0548. The van der Waals surface area contributed by atoms with Crippen LogP contribution in [0.25, 0.3) is 0 Å². The van der Waals surface area contributed by atoms with E-state index in [1.807, 2.05) is 18.2 Å². The van der Waals surface area contributed by atoms with Crippen molar-refractivity contribution in [3.8, 4) is 0 Å². The van der Waals surface area contributed by atoms with E-state index < -0.39 is 0 Å². The number of nitrogens with two attached hydrogens (primary N) is 1. The van der Waals surface area contributed by atoms with Gasteiger partial charge in [-0.25, -0.2) is 0 Å². The average molecular weight is 326 g/mol. The highest BCUT2D eigenvalue weighted by Crippen LogP contribution is 2.17. The molecule has 0 bridgehead atoms. The lowest BCUT2D eigenvalue weighted by molar-refractivity contribution is 0.664. The van der Waals surface area contributed by atoms with Crippen LogP contribution in [0.3, 0.4) is 0 Å². The van der Waals surface area contributed by atoms with E-state index in [0.29, 0.717) is 5.02 Å². The van der Waals surface area contributed by atoms with E-state index in [1.165, 1.54) is 5.56 Å². The van der Waals surface area contributed by atoms with Crippen molar-refractivity contribution in [1.29, 1.82) is 0 Å². The Balaban J connectivity index is 2.01. The molecule has 1 heterocycles. The SMILES string of the molecule is NC(Cc1cccc(Br)c1)Cc1ccncc1Cl. The maximum absolute atomic E-state index is 6.16. The highest BCUT2D eigenvalue weighted by molar-refractivity contribution is 9.10. The first-order valence-corrected chi connectivity index (χ1v) is 6.90. The van der Waals surface area contributed by atoms with Gasteiger partial charge in [0.1, 0.15) is 0 Å². The molecule has 18 heavy (non-hydrogen) atoms. The molecule has 2 rings (SSSR count). The Labute approximate surface area is 120 Å². The van der Waals surface area contributed by atoms with Gasteiger partial charge in [0.15, 0.2) is 0 Å². The van der Waals surface area contributed by atoms with Gasteiger partial charge < -0.3 is 5.73 Å². The number of nitrogens with zero attached hydrogens (tertiary/aromatic N) is 1. The molecular weight excluding hydrogens is 312 g/mol. The summed E-state index contributed by atoms with van der Waals surface area (Å²) in [5.74, 6) is 0. The third-order valence-corrected chi connectivity index (χ3v) is 3.56. The van der Waals surface area contributed by atoms with Crippen molar-refractivity contribution in [1.82, 2.24) is 4.98 Å². The lowest BCUT2D eigenvalue weighted by atomic mass is 10.0. The highest BCUT2D eigenvalue weighted by Gasteiger charge is 2.08. The third-order valence-electron chi connectivity index (χ3n) is 2.73. The first-order valence-electron chi connectivity index (χ1n) is 5.73. The van der Waals surface area contributed by atoms with E-state index in [0.717, 1.165) is 22.9 Å². The van der Waals surface area contributed by atoms with Crippen molar-refractivity contribution < 1.29 is 0 Å². The monoisotopic (exact) mass is 324 g/mol. The molecule has 0 radical (unpaired) electrons. The number of aromatic nitrogens is 1. The number of pyridine rings is 1. The molecule has 1 unspecified atom stereocenters. The Hall–Kier alpha value is -0.900. The largest absolute Gasteiger partial charge is 0.327 e. The van der Waals surface area contributed by atoms with Crippen LogP contribution in [0.2, 0.25) is 5.02 Å². The molecule has 0 aliphatic rings. The van der Waals surface area contributed by atoms with Crippen molar-refractivity contribution in [3.05, 3.63) is 63.3 Å². The van der Waals surface area contributed by atoms with Crippen LogP contribution in [0.1, 0.15) is 11.1 Å². The molecule has 0 spiro atoms. The van der Waals surface area contributed by atoms with Crippen molar-refractivity contribution in [2.75, 3.05) is 0 Å². The summed E-state index contributed by atoms with van der Waals surface area (Å²) in [6.45, 7) is 0. The number of halogens is 2. The number of hydrogen-bond acceptors (Lipinski definition) is 2. The molecule has 0 aliphatic carbocycles. The number of hydrogen-bond donors (Lipinski definition) is 1. The van der Waals surface area contributed by atoms with Crippen LogP contribution >= 0.6 is 27.5 Å². The Morgan fingerprint density at radius 1 is 1.28 bits per heavy atom. The summed E-state index contributed by atoms with van der Waals surface area (Å²) in [7, 11) is 0. The maximum Gasteiger partial charge on any atom is 0.0621 e. The molecule has 1 aromatic carbocycles. The van der Waals surface area contributed by atoms with Crippen LogP contribution in [0, 0.1) is 0 Å². The standard InChI is InChI=1S/C14H14BrClN2/c15-12-3-1-2-10(6-12)7-13(17)8-11-4-5-18-9-14(11)16/h1-6,9,13H,7-8,17H2. The van der Waals surface area contributed by atoms with Gasteiger partial charge in [-0.1, -0.05) is 39.7 Å². The van der Waals surface area contributed by atoms with Gasteiger partial charge in [0.2, 0.25) is 0 Å². The maximum atomic E-state index is 6.16. The smallest absolute Gasteiger partial charge is 0.0621 e. The number of rotatable bonds is 4. The highest BCUT2D eigenvalue weighted by atomic mass is 79.9. The molecule has 1 atom stereocenters. The second-order valence-corrected chi connectivity index (χ2v) is 5.59. The molecule has 2 nitrogen and oxygen atoms in total. The van der Waals surface area contributed by atoms with Crippen molar-refractivity contribution in [2.45, 2.75) is 18.9 Å². The predicted octanol–water partition coefficient (Wildman–Crippen LogP) is 3.61. The summed E-state index contributed by atoms with van der Waals surface area (Å²) in [5, 5.41) is 0.683. The van der Waals surface area contributed by atoms with E-state index in [1.54, 1.807) is 12.4 Å². The van der Waals surface area contributed by atoms with E-state index in [9.17, 15) is 0 Å². The lowest BCUT2D eigenvalue weighted by Gasteiger charge is -2.12. The molecule has 0 saturated carbocycles. The van der Waals surface area contributed by atoms with E-state index in [4.69, 9.17) is 17.3 Å². The minimum absolute atomic E-state index is 0.0548. The number of benzene rings is 1. The zero-order chi connectivity index (χ0) is 13.0. The van der Waals surface area contributed by atoms with Gasteiger partial charge in [0, 0.05) is 22.9 Å². The fourth-order valence-corrected chi connectivity index (χ4v) is 2.53. The Morgan fingerprint density at radius 3 is 2.83 bits per heavy atom. The second kappa shape index (κ2) is 6.32. The van der Waals surface area contributed by atoms with Gasteiger partial charge in [-0.2, -0.15) is 0 Å².